The largest absolute Gasteiger partial charge is 0.469 e. The zero-order chi connectivity index (χ0) is 20.3. The quantitative estimate of drug-likeness (QED) is 0.278. The van der Waals surface area contributed by atoms with Crippen molar-refractivity contribution in [1.29, 1.82) is 0 Å². The highest BCUT2D eigenvalue weighted by Crippen LogP contribution is 2.40. The number of hydrogen-bond acceptors (Lipinski definition) is 8. The van der Waals surface area contributed by atoms with E-state index >= 15 is 0 Å². The SMILES string of the molecule is COC(=O)CCSC1=CC2CC(=O)N2[C@@H]1C(=O)OCc1ccc([N+](=O)[O-])cc1. The number of carbonyl (C=O) groups excluding carboxylic acids is 3. The van der Waals surface area contributed by atoms with Crippen molar-refractivity contribution in [3.63, 3.8) is 0 Å². The molecule has 1 aromatic rings. The summed E-state index contributed by atoms with van der Waals surface area (Å²) in [5.74, 6) is -0.602. The number of amides is 1. The third-order valence-corrected chi connectivity index (χ3v) is 5.59. The molecule has 0 bridgehead atoms. The molecular formula is C18H18N2O7S. The van der Waals surface area contributed by atoms with Gasteiger partial charge in [0.2, 0.25) is 5.91 Å². The van der Waals surface area contributed by atoms with Crippen LogP contribution in [0.15, 0.2) is 35.2 Å². The van der Waals surface area contributed by atoms with Crippen LogP contribution in [0, 0.1) is 10.1 Å². The number of benzene rings is 1. The van der Waals surface area contributed by atoms with Crippen LogP contribution in [-0.2, 0) is 30.5 Å². The summed E-state index contributed by atoms with van der Waals surface area (Å²) in [5, 5.41) is 10.7. The zero-order valence-corrected chi connectivity index (χ0v) is 15.8. The number of rotatable bonds is 8. The molecule has 0 aromatic heterocycles. The molecule has 1 amide bonds. The van der Waals surface area contributed by atoms with E-state index in [0.717, 1.165) is 0 Å². The van der Waals surface area contributed by atoms with Crippen molar-refractivity contribution >= 4 is 35.3 Å². The van der Waals surface area contributed by atoms with E-state index in [1.165, 1.54) is 48.0 Å². The summed E-state index contributed by atoms with van der Waals surface area (Å²) >= 11 is 1.33. The molecule has 2 heterocycles. The van der Waals surface area contributed by atoms with Crippen LogP contribution in [0.2, 0.25) is 0 Å². The Morgan fingerprint density at radius 2 is 2.04 bits per heavy atom. The van der Waals surface area contributed by atoms with Gasteiger partial charge in [-0.05, 0) is 23.8 Å². The first-order valence-corrected chi connectivity index (χ1v) is 9.51. The van der Waals surface area contributed by atoms with Gasteiger partial charge in [-0.3, -0.25) is 19.7 Å². The van der Waals surface area contributed by atoms with Crippen LogP contribution in [0.1, 0.15) is 18.4 Å². The Hall–Kier alpha value is -2.88. The predicted octanol–water partition coefficient (Wildman–Crippen LogP) is 1.80. The number of non-ortho nitro benzene ring substituents is 1. The maximum absolute atomic E-state index is 12.6. The maximum atomic E-state index is 12.6. The van der Waals surface area contributed by atoms with Crippen molar-refractivity contribution in [2.75, 3.05) is 12.9 Å². The molecule has 0 aliphatic carbocycles. The average molecular weight is 406 g/mol. The van der Waals surface area contributed by atoms with Gasteiger partial charge in [-0.2, -0.15) is 0 Å². The van der Waals surface area contributed by atoms with Crippen LogP contribution >= 0.6 is 11.8 Å². The average Bonchev–Trinajstić information content (AvgIpc) is 2.98. The molecule has 1 unspecified atom stereocenters. The Morgan fingerprint density at radius 3 is 2.64 bits per heavy atom. The molecule has 10 heteroatoms. The van der Waals surface area contributed by atoms with Crippen LogP contribution < -0.4 is 0 Å². The number of carbonyl (C=O) groups is 3. The summed E-state index contributed by atoms with van der Waals surface area (Å²) in [5.41, 5.74) is 0.555. The maximum Gasteiger partial charge on any atom is 0.334 e. The number of β-lactam (4-membered cyclic amide) rings is 1. The summed E-state index contributed by atoms with van der Waals surface area (Å²) in [6.45, 7) is -0.0554. The molecule has 1 fully saturated rings. The van der Waals surface area contributed by atoms with E-state index in [-0.39, 0.29) is 36.6 Å². The zero-order valence-electron chi connectivity index (χ0n) is 15.0. The van der Waals surface area contributed by atoms with Crippen molar-refractivity contribution in [2.45, 2.75) is 31.5 Å². The first-order valence-electron chi connectivity index (χ1n) is 8.53. The van der Waals surface area contributed by atoms with E-state index in [1.54, 1.807) is 0 Å². The second-order valence-corrected chi connectivity index (χ2v) is 7.42. The number of fused-ring (bicyclic) bond motifs is 1. The topological polar surface area (TPSA) is 116 Å². The van der Waals surface area contributed by atoms with E-state index in [2.05, 4.69) is 4.74 Å². The lowest BCUT2D eigenvalue weighted by Gasteiger charge is -2.38. The first kappa shape index (κ1) is 19.9. The molecule has 1 saturated heterocycles. The van der Waals surface area contributed by atoms with Gasteiger partial charge in [0.25, 0.3) is 5.69 Å². The van der Waals surface area contributed by atoms with E-state index in [4.69, 9.17) is 4.74 Å². The molecule has 0 saturated carbocycles. The number of thioether (sulfide) groups is 1. The molecule has 0 N–H and O–H groups in total. The standard InChI is InChI=1S/C18H18N2O7S/c1-26-16(22)6-7-28-14-8-13-9-15(21)19(13)17(14)18(23)27-10-11-2-4-12(5-3-11)20(24)25/h2-5,8,13,17H,6-7,9-10H2,1H3/t13?,17-/m0/s1. The molecule has 0 radical (unpaired) electrons. The summed E-state index contributed by atoms with van der Waals surface area (Å²) in [6.07, 6.45) is 2.41. The fraction of sp³-hybridized carbons (Fsp3) is 0.389. The number of ether oxygens (including phenoxy) is 2. The summed E-state index contributed by atoms with van der Waals surface area (Å²) in [7, 11) is 1.31. The highest BCUT2D eigenvalue weighted by atomic mass is 32.2. The van der Waals surface area contributed by atoms with Gasteiger partial charge in [0.15, 0.2) is 6.04 Å². The Morgan fingerprint density at radius 1 is 1.32 bits per heavy atom. The summed E-state index contributed by atoms with van der Waals surface area (Å²) in [4.78, 5) is 48.2. The van der Waals surface area contributed by atoms with Gasteiger partial charge in [-0.1, -0.05) is 0 Å². The van der Waals surface area contributed by atoms with Crippen LogP contribution in [0.4, 0.5) is 5.69 Å². The van der Waals surface area contributed by atoms with Gasteiger partial charge in [-0.25, -0.2) is 4.79 Å². The second-order valence-electron chi connectivity index (χ2n) is 6.25. The van der Waals surface area contributed by atoms with E-state index in [0.29, 0.717) is 22.6 Å². The molecule has 1 aromatic carbocycles. The van der Waals surface area contributed by atoms with E-state index in [1.807, 2.05) is 6.08 Å². The Kier molecular flexibility index (Phi) is 5.98. The number of methoxy groups -OCH3 is 1. The number of esters is 2. The van der Waals surface area contributed by atoms with E-state index in [9.17, 15) is 24.5 Å². The number of nitrogens with zero attached hydrogens (tertiary/aromatic N) is 2. The second kappa shape index (κ2) is 8.42. The normalized spacial score (nSPS) is 20.1. The van der Waals surface area contributed by atoms with Crippen molar-refractivity contribution in [3.8, 4) is 0 Å². The Labute approximate surface area is 164 Å². The van der Waals surface area contributed by atoms with Gasteiger partial charge in [0.05, 0.1) is 30.9 Å². The molecule has 2 aliphatic heterocycles. The number of nitro benzene ring substituents is 1. The highest BCUT2D eigenvalue weighted by molar-refractivity contribution is 8.03. The molecule has 148 valence electrons. The van der Waals surface area contributed by atoms with Gasteiger partial charge < -0.3 is 14.4 Å². The first-order chi connectivity index (χ1) is 13.4. The molecule has 0 spiro atoms. The molecule has 28 heavy (non-hydrogen) atoms. The monoisotopic (exact) mass is 406 g/mol. The van der Waals surface area contributed by atoms with Crippen molar-refractivity contribution in [2.24, 2.45) is 0 Å². The van der Waals surface area contributed by atoms with Crippen LogP contribution in [0.3, 0.4) is 0 Å². The molecule has 3 rings (SSSR count). The van der Waals surface area contributed by atoms with Crippen molar-refractivity contribution < 1.29 is 28.8 Å². The smallest absolute Gasteiger partial charge is 0.334 e. The van der Waals surface area contributed by atoms with Gasteiger partial charge >= 0.3 is 11.9 Å². The molecule has 2 aliphatic rings. The lowest BCUT2D eigenvalue weighted by molar-refractivity contribution is -0.384. The van der Waals surface area contributed by atoms with Crippen LogP contribution in [-0.4, -0.2) is 52.6 Å². The fourth-order valence-electron chi connectivity index (χ4n) is 3.01. The Bertz CT molecular complexity index is 837. The summed E-state index contributed by atoms with van der Waals surface area (Å²) < 4.78 is 9.95. The third-order valence-electron chi connectivity index (χ3n) is 4.49. The van der Waals surface area contributed by atoms with Crippen molar-refractivity contribution in [1.82, 2.24) is 4.90 Å². The van der Waals surface area contributed by atoms with E-state index < -0.39 is 16.9 Å². The Balaban J connectivity index is 1.60. The van der Waals surface area contributed by atoms with Gasteiger partial charge in [-0.15, -0.1) is 11.8 Å². The fourth-order valence-corrected chi connectivity index (χ4v) is 4.13. The lowest BCUT2D eigenvalue weighted by atomic mass is 10.0. The lowest BCUT2D eigenvalue weighted by Crippen LogP contribution is -2.55. The molecular weight excluding hydrogens is 388 g/mol. The molecule has 9 nitrogen and oxygen atoms in total. The minimum atomic E-state index is -0.813. The summed E-state index contributed by atoms with van der Waals surface area (Å²) in [6, 6.07) is 4.76. The van der Waals surface area contributed by atoms with Gasteiger partial charge in [0.1, 0.15) is 6.61 Å². The van der Waals surface area contributed by atoms with Crippen molar-refractivity contribution in [3.05, 3.63) is 50.9 Å². The third kappa shape index (κ3) is 4.16. The number of hydrogen-bond donors (Lipinski definition) is 0. The van der Waals surface area contributed by atoms with Gasteiger partial charge in [0, 0.05) is 22.8 Å². The number of nitro groups is 1. The highest BCUT2D eigenvalue weighted by Gasteiger charge is 2.50. The minimum absolute atomic E-state index is 0.0490. The molecule has 2 atom stereocenters. The van der Waals surface area contributed by atoms with Crippen LogP contribution in [0.5, 0.6) is 0 Å². The predicted molar refractivity (Wildman–Crippen MR) is 99.1 cm³/mol. The van der Waals surface area contributed by atoms with Crippen LogP contribution in [0.25, 0.3) is 0 Å². The minimum Gasteiger partial charge on any atom is -0.469 e.